The molecule has 2 N–H and O–H groups in total. The summed E-state index contributed by atoms with van der Waals surface area (Å²) in [6.45, 7) is 3.78. The van der Waals surface area contributed by atoms with Crippen LogP contribution in [0, 0.1) is 6.92 Å². The van der Waals surface area contributed by atoms with E-state index in [0.29, 0.717) is 34.9 Å². The molecule has 1 atom stereocenters. The van der Waals surface area contributed by atoms with Gasteiger partial charge in [0.1, 0.15) is 0 Å². The van der Waals surface area contributed by atoms with Crippen LogP contribution >= 0.6 is 0 Å². The van der Waals surface area contributed by atoms with Crippen molar-refractivity contribution in [2.75, 3.05) is 26.6 Å². The predicted octanol–water partition coefficient (Wildman–Crippen LogP) is 4.00. The summed E-state index contributed by atoms with van der Waals surface area (Å²) in [7, 11) is 4.74. The fourth-order valence-electron chi connectivity index (χ4n) is 4.14. The number of pyridine rings is 1. The van der Waals surface area contributed by atoms with Crippen LogP contribution in [0.3, 0.4) is 0 Å². The van der Waals surface area contributed by atoms with Gasteiger partial charge in [-0.2, -0.15) is 5.10 Å². The largest absolute Gasteiger partial charge is 0.493 e. The number of carbonyl (C=O) groups is 2. The Labute approximate surface area is 210 Å². The Morgan fingerprint density at radius 2 is 1.75 bits per heavy atom. The number of benzene rings is 2. The van der Waals surface area contributed by atoms with Gasteiger partial charge in [0.15, 0.2) is 11.5 Å². The second-order valence-electron chi connectivity index (χ2n) is 8.43. The van der Waals surface area contributed by atoms with E-state index in [4.69, 9.17) is 14.6 Å². The fraction of sp³-hybridized carbons (Fsp3) is 0.259. The number of ether oxygens (including phenoxy) is 2. The van der Waals surface area contributed by atoms with E-state index in [1.54, 1.807) is 45.7 Å². The monoisotopic (exact) mass is 487 g/mol. The molecule has 0 radical (unpaired) electrons. The smallest absolute Gasteiger partial charge is 0.337 e. The molecule has 9 nitrogen and oxygen atoms in total. The molecule has 186 valence electrons. The average molecular weight is 488 g/mol. The highest BCUT2D eigenvalue weighted by atomic mass is 16.5. The minimum absolute atomic E-state index is 0.202. The number of rotatable bonds is 5. The number of fused-ring (bicyclic) bond motifs is 1. The fourth-order valence-corrected chi connectivity index (χ4v) is 4.14. The van der Waals surface area contributed by atoms with E-state index in [0.717, 1.165) is 22.4 Å². The molecular weight excluding hydrogens is 458 g/mol. The van der Waals surface area contributed by atoms with Crippen molar-refractivity contribution in [3.8, 4) is 11.5 Å². The standard InChI is InChI=1S/C27H29N5O4/c1-16-13-20-14-23(35-4)24(36-5)15-21(20)25(31-32(16)27(34)28-3)18-8-10-19(11-9-18)26(33)30-22-7-6-12-29-17(22)2/h6-12,14-16H,13H2,1-5H3,(H,28,34)(H,30,33). The third-order valence-electron chi connectivity index (χ3n) is 6.10. The highest BCUT2D eigenvalue weighted by Crippen LogP contribution is 2.34. The lowest BCUT2D eigenvalue weighted by Gasteiger charge is -2.22. The SMILES string of the molecule is CNC(=O)N1N=C(c2ccc(C(=O)Nc3cccnc3C)cc2)c2cc(OC)c(OC)cc2CC1C. The number of amides is 3. The topological polar surface area (TPSA) is 105 Å². The van der Waals surface area contributed by atoms with Crippen molar-refractivity contribution >= 4 is 23.3 Å². The number of aromatic nitrogens is 1. The van der Waals surface area contributed by atoms with E-state index in [1.165, 1.54) is 5.01 Å². The Bertz CT molecular complexity index is 1320. The van der Waals surface area contributed by atoms with Gasteiger partial charge in [-0.25, -0.2) is 9.80 Å². The molecule has 4 rings (SSSR count). The molecule has 0 saturated heterocycles. The maximum atomic E-state index is 12.8. The Balaban J connectivity index is 1.75. The second kappa shape index (κ2) is 10.5. The number of carbonyl (C=O) groups excluding carboxylic acids is 2. The van der Waals surface area contributed by atoms with Crippen LogP contribution < -0.4 is 20.1 Å². The summed E-state index contributed by atoms with van der Waals surface area (Å²) in [5.41, 5.74) is 5.02. The summed E-state index contributed by atoms with van der Waals surface area (Å²) in [4.78, 5) is 29.7. The summed E-state index contributed by atoms with van der Waals surface area (Å²) in [6.07, 6.45) is 2.25. The molecule has 1 aliphatic heterocycles. The number of nitrogens with zero attached hydrogens (tertiary/aromatic N) is 3. The third-order valence-corrected chi connectivity index (χ3v) is 6.10. The van der Waals surface area contributed by atoms with Gasteiger partial charge in [0.05, 0.1) is 37.4 Å². The zero-order valence-electron chi connectivity index (χ0n) is 21.0. The molecule has 1 unspecified atom stereocenters. The first kappa shape index (κ1) is 24.7. The van der Waals surface area contributed by atoms with Crippen molar-refractivity contribution < 1.29 is 19.1 Å². The molecule has 0 fully saturated rings. The molecule has 0 spiro atoms. The lowest BCUT2D eigenvalue weighted by Crippen LogP contribution is -2.41. The summed E-state index contributed by atoms with van der Waals surface area (Å²) in [5, 5.41) is 11.8. The normalized spacial score (nSPS) is 14.8. The van der Waals surface area contributed by atoms with Crippen LogP contribution in [0.1, 0.15) is 39.7 Å². The van der Waals surface area contributed by atoms with Crippen LogP contribution in [-0.4, -0.2) is 55.0 Å². The van der Waals surface area contributed by atoms with Crippen molar-refractivity contribution in [1.82, 2.24) is 15.3 Å². The summed E-state index contributed by atoms with van der Waals surface area (Å²) >= 11 is 0. The van der Waals surface area contributed by atoms with E-state index in [1.807, 2.05) is 44.2 Å². The van der Waals surface area contributed by atoms with Crippen molar-refractivity contribution in [2.45, 2.75) is 26.3 Å². The molecule has 0 saturated carbocycles. The van der Waals surface area contributed by atoms with Gasteiger partial charge in [0.2, 0.25) is 0 Å². The molecule has 1 aromatic heterocycles. The number of hydrogen-bond donors (Lipinski definition) is 2. The molecule has 36 heavy (non-hydrogen) atoms. The molecule has 3 aromatic rings. The first-order chi connectivity index (χ1) is 17.4. The average Bonchev–Trinajstić information content (AvgIpc) is 3.04. The van der Waals surface area contributed by atoms with Crippen molar-refractivity contribution in [3.05, 3.63) is 82.7 Å². The Morgan fingerprint density at radius 3 is 2.39 bits per heavy atom. The van der Waals surface area contributed by atoms with Gasteiger partial charge >= 0.3 is 6.03 Å². The Hall–Kier alpha value is -4.40. The van der Waals surface area contributed by atoms with Gasteiger partial charge in [0.25, 0.3) is 5.91 Å². The van der Waals surface area contributed by atoms with Crippen LogP contribution in [0.5, 0.6) is 11.5 Å². The van der Waals surface area contributed by atoms with Gasteiger partial charge in [-0.1, -0.05) is 12.1 Å². The lowest BCUT2D eigenvalue weighted by molar-refractivity contribution is 0.102. The minimum atomic E-state index is -0.311. The third kappa shape index (κ3) is 4.86. The van der Waals surface area contributed by atoms with Crippen LogP contribution in [0.15, 0.2) is 59.8 Å². The zero-order valence-corrected chi connectivity index (χ0v) is 21.0. The number of urea groups is 1. The highest BCUT2D eigenvalue weighted by Gasteiger charge is 2.28. The maximum Gasteiger partial charge on any atom is 0.337 e. The number of hydrazone groups is 1. The van der Waals surface area contributed by atoms with Crippen molar-refractivity contribution in [3.63, 3.8) is 0 Å². The Kier molecular flexibility index (Phi) is 7.19. The van der Waals surface area contributed by atoms with Crippen LogP contribution in [0.4, 0.5) is 10.5 Å². The van der Waals surface area contributed by atoms with Gasteiger partial charge in [-0.3, -0.25) is 9.78 Å². The van der Waals surface area contributed by atoms with E-state index in [-0.39, 0.29) is 18.0 Å². The van der Waals surface area contributed by atoms with E-state index in [9.17, 15) is 9.59 Å². The second-order valence-corrected chi connectivity index (χ2v) is 8.43. The summed E-state index contributed by atoms with van der Waals surface area (Å²) < 4.78 is 11.0. The zero-order chi connectivity index (χ0) is 25.8. The number of methoxy groups -OCH3 is 2. The van der Waals surface area contributed by atoms with E-state index < -0.39 is 0 Å². The first-order valence-corrected chi connectivity index (χ1v) is 11.5. The molecule has 0 aliphatic carbocycles. The molecule has 2 heterocycles. The first-order valence-electron chi connectivity index (χ1n) is 11.5. The van der Waals surface area contributed by atoms with E-state index in [2.05, 4.69) is 15.6 Å². The molecule has 0 bridgehead atoms. The number of hydrogen-bond acceptors (Lipinski definition) is 6. The molecular formula is C27H29N5O4. The number of aryl methyl sites for hydroxylation is 1. The van der Waals surface area contributed by atoms with Gasteiger partial charge in [-0.05, 0) is 62.2 Å². The molecule has 9 heteroatoms. The summed E-state index contributed by atoms with van der Waals surface area (Å²) in [5.74, 6) is 0.926. The quantitative estimate of drug-likeness (QED) is 0.566. The van der Waals surface area contributed by atoms with Gasteiger partial charge in [0, 0.05) is 29.9 Å². The lowest BCUT2D eigenvalue weighted by atomic mass is 9.93. The Morgan fingerprint density at radius 1 is 1.06 bits per heavy atom. The maximum absolute atomic E-state index is 12.8. The van der Waals surface area contributed by atoms with Gasteiger partial charge < -0.3 is 20.1 Å². The highest BCUT2D eigenvalue weighted by molar-refractivity contribution is 6.15. The van der Waals surface area contributed by atoms with Crippen molar-refractivity contribution in [1.29, 1.82) is 0 Å². The molecule has 3 amide bonds. The summed E-state index contributed by atoms with van der Waals surface area (Å²) in [6, 6.07) is 14.0. The predicted molar refractivity (Wildman–Crippen MR) is 138 cm³/mol. The number of nitrogens with one attached hydrogen (secondary N) is 2. The van der Waals surface area contributed by atoms with E-state index >= 15 is 0 Å². The molecule has 2 aromatic carbocycles. The number of anilines is 1. The van der Waals surface area contributed by atoms with Crippen molar-refractivity contribution in [2.24, 2.45) is 5.10 Å². The van der Waals surface area contributed by atoms with Crippen LogP contribution in [-0.2, 0) is 6.42 Å². The molecule has 1 aliphatic rings. The minimum Gasteiger partial charge on any atom is -0.493 e. The van der Waals surface area contributed by atoms with Crippen LogP contribution in [0.25, 0.3) is 0 Å². The van der Waals surface area contributed by atoms with Gasteiger partial charge in [-0.15, -0.1) is 0 Å². The van der Waals surface area contributed by atoms with Crippen LogP contribution in [0.2, 0.25) is 0 Å².